The number of halogens is 1. The van der Waals surface area contributed by atoms with E-state index in [-0.39, 0.29) is 5.82 Å². The van der Waals surface area contributed by atoms with Crippen LogP contribution in [0.4, 0.5) is 4.39 Å². The predicted octanol–water partition coefficient (Wildman–Crippen LogP) is 7.52. The van der Waals surface area contributed by atoms with Crippen LogP contribution in [0.2, 0.25) is 0 Å². The highest BCUT2D eigenvalue weighted by Crippen LogP contribution is 2.49. The van der Waals surface area contributed by atoms with Crippen LogP contribution < -0.4 is 4.74 Å². The van der Waals surface area contributed by atoms with E-state index < -0.39 is 0 Å². The standard InChI is InChI=1S/C27H39FO/c1-3-5-15-29-26-14-12-24-18-23(11-13-25(24)27(26)28)22-10-9-20-16-19(6-4-2)7-8-21(20)17-22/h3,5,12,14,19-23H,4,6-11,13,15-18H2,1-2H3/b5-3+. The van der Waals surface area contributed by atoms with Gasteiger partial charge in [0.25, 0.3) is 0 Å². The van der Waals surface area contributed by atoms with Gasteiger partial charge in [-0.25, -0.2) is 4.39 Å². The summed E-state index contributed by atoms with van der Waals surface area (Å²) in [6.45, 7) is 4.74. The van der Waals surface area contributed by atoms with Crippen molar-refractivity contribution in [2.75, 3.05) is 6.61 Å². The second kappa shape index (κ2) is 9.67. The summed E-state index contributed by atoms with van der Waals surface area (Å²) in [6, 6.07) is 3.99. The zero-order chi connectivity index (χ0) is 20.2. The maximum atomic E-state index is 14.9. The van der Waals surface area contributed by atoms with Crippen LogP contribution in [0, 0.1) is 35.4 Å². The number of fused-ring (bicyclic) bond motifs is 2. The lowest BCUT2D eigenvalue weighted by Crippen LogP contribution is -2.35. The molecule has 0 spiro atoms. The topological polar surface area (TPSA) is 9.23 Å². The minimum atomic E-state index is -0.108. The van der Waals surface area contributed by atoms with Crippen LogP contribution in [-0.4, -0.2) is 6.61 Å². The summed E-state index contributed by atoms with van der Waals surface area (Å²) in [5, 5.41) is 0. The van der Waals surface area contributed by atoms with Crippen molar-refractivity contribution in [1.29, 1.82) is 0 Å². The van der Waals surface area contributed by atoms with Gasteiger partial charge in [0, 0.05) is 0 Å². The lowest BCUT2D eigenvalue weighted by molar-refractivity contribution is 0.0693. The van der Waals surface area contributed by atoms with Gasteiger partial charge in [0.1, 0.15) is 6.61 Å². The van der Waals surface area contributed by atoms with Crippen molar-refractivity contribution >= 4 is 0 Å². The molecule has 160 valence electrons. The molecule has 5 unspecified atom stereocenters. The third-order valence-corrected chi connectivity index (χ3v) is 8.25. The second-order valence-electron chi connectivity index (χ2n) is 9.96. The number of benzene rings is 1. The number of hydrogen-bond donors (Lipinski definition) is 0. The van der Waals surface area contributed by atoms with E-state index in [9.17, 15) is 4.39 Å². The Morgan fingerprint density at radius 1 is 1.00 bits per heavy atom. The lowest BCUT2D eigenvalue weighted by Gasteiger charge is -2.45. The monoisotopic (exact) mass is 398 g/mol. The average Bonchev–Trinajstić information content (AvgIpc) is 2.75. The van der Waals surface area contributed by atoms with E-state index in [0.29, 0.717) is 12.4 Å². The van der Waals surface area contributed by atoms with Gasteiger partial charge < -0.3 is 4.74 Å². The summed E-state index contributed by atoms with van der Waals surface area (Å²) in [5.74, 6) is 4.91. The molecule has 29 heavy (non-hydrogen) atoms. The van der Waals surface area contributed by atoms with Gasteiger partial charge in [-0.3, -0.25) is 0 Å². The molecule has 2 fully saturated rings. The first-order valence-corrected chi connectivity index (χ1v) is 12.2. The van der Waals surface area contributed by atoms with Crippen LogP contribution in [-0.2, 0) is 12.8 Å². The molecule has 0 N–H and O–H groups in total. The molecule has 1 aromatic rings. The summed E-state index contributed by atoms with van der Waals surface area (Å²) >= 11 is 0. The predicted molar refractivity (Wildman–Crippen MR) is 119 cm³/mol. The van der Waals surface area contributed by atoms with Crippen LogP contribution in [0.1, 0.15) is 82.8 Å². The Morgan fingerprint density at radius 2 is 1.76 bits per heavy atom. The van der Waals surface area contributed by atoms with Crippen molar-refractivity contribution in [2.45, 2.75) is 84.5 Å². The van der Waals surface area contributed by atoms with E-state index in [2.05, 4.69) is 13.0 Å². The summed E-state index contributed by atoms with van der Waals surface area (Å²) < 4.78 is 20.5. The fraction of sp³-hybridized carbons (Fsp3) is 0.704. The SMILES string of the molecule is C/C=C/COc1ccc2c(c1F)CCC(C1CCC3CC(CCC)CCC3C1)C2. The average molecular weight is 399 g/mol. The van der Waals surface area contributed by atoms with E-state index in [1.807, 2.05) is 25.1 Å². The Labute approximate surface area is 177 Å². The quantitative estimate of drug-likeness (QED) is 0.450. The molecular formula is C27H39FO. The molecule has 0 bridgehead atoms. The Bertz CT molecular complexity index is 709. The summed E-state index contributed by atoms with van der Waals surface area (Å²) in [6.07, 6.45) is 18.5. The van der Waals surface area contributed by atoms with Gasteiger partial charge in [-0.05, 0) is 105 Å². The van der Waals surface area contributed by atoms with Crippen LogP contribution in [0.3, 0.4) is 0 Å². The highest BCUT2D eigenvalue weighted by Gasteiger charge is 2.38. The van der Waals surface area contributed by atoms with Crippen molar-refractivity contribution in [3.8, 4) is 5.75 Å². The van der Waals surface area contributed by atoms with Gasteiger partial charge in [0.05, 0.1) is 0 Å². The Balaban J connectivity index is 1.36. The maximum Gasteiger partial charge on any atom is 0.168 e. The van der Waals surface area contributed by atoms with E-state index >= 15 is 0 Å². The van der Waals surface area contributed by atoms with E-state index in [1.165, 1.54) is 56.9 Å². The largest absolute Gasteiger partial charge is 0.486 e. The molecule has 5 atom stereocenters. The Kier molecular flexibility index (Phi) is 6.98. The Morgan fingerprint density at radius 3 is 2.55 bits per heavy atom. The number of allylic oxidation sites excluding steroid dienone is 1. The first-order valence-electron chi connectivity index (χ1n) is 12.2. The number of hydrogen-bond acceptors (Lipinski definition) is 1. The first-order chi connectivity index (χ1) is 14.2. The summed E-state index contributed by atoms with van der Waals surface area (Å²) in [7, 11) is 0. The van der Waals surface area contributed by atoms with Crippen LogP contribution in [0.25, 0.3) is 0 Å². The smallest absolute Gasteiger partial charge is 0.168 e. The van der Waals surface area contributed by atoms with Crippen LogP contribution in [0.5, 0.6) is 5.75 Å². The molecule has 1 aromatic carbocycles. The van der Waals surface area contributed by atoms with E-state index in [4.69, 9.17) is 4.74 Å². The minimum absolute atomic E-state index is 0.108. The normalized spacial score (nSPS) is 32.0. The molecule has 3 aliphatic carbocycles. The molecule has 0 amide bonds. The third kappa shape index (κ3) is 4.72. The Hall–Kier alpha value is -1.31. The maximum absolute atomic E-state index is 14.9. The highest BCUT2D eigenvalue weighted by molar-refractivity contribution is 5.39. The van der Waals surface area contributed by atoms with Crippen molar-refractivity contribution < 1.29 is 9.13 Å². The molecule has 1 nitrogen and oxygen atoms in total. The van der Waals surface area contributed by atoms with Gasteiger partial charge in [-0.15, -0.1) is 0 Å². The second-order valence-corrected chi connectivity index (χ2v) is 9.96. The highest BCUT2D eigenvalue weighted by atomic mass is 19.1. The number of ether oxygens (including phenoxy) is 1. The molecule has 4 rings (SSSR count). The summed E-state index contributed by atoms with van der Waals surface area (Å²) in [4.78, 5) is 0. The molecule has 0 saturated heterocycles. The van der Waals surface area contributed by atoms with Crippen LogP contribution >= 0.6 is 0 Å². The molecule has 2 heteroatoms. The van der Waals surface area contributed by atoms with Crippen molar-refractivity contribution in [1.82, 2.24) is 0 Å². The van der Waals surface area contributed by atoms with Crippen molar-refractivity contribution in [2.24, 2.45) is 29.6 Å². The molecule has 0 aromatic heterocycles. The third-order valence-electron chi connectivity index (χ3n) is 8.25. The van der Waals surface area contributed by atoms with E-state index in [1.54, 1.807) is 0 Å². The zero-order valence-corrected chi connectivity index (χ0v) is 18.5. The molecule has 0 aliphatic heterocycles. The van der Waals surface area contributed by atoms with E-state index in [0.717, 1.165) is 54.4 Å². The van der Waals surface area contributed by atoms with Gasteiger partial charge in [0.15, 0.2) is 11.6 Å². The minimum Gasteiger partial charge on any atom is -0.486 e. The van der Waals surface area contributed by atoms with Crippen LogP contribution in [0.15, 0.2) is 24.3 Å². The van der Waals surface area contributed by atoms with Gasteiger partial charge in [0.2, 0.25) is 0 Å². The molecule has 0 radical (unpaired) electrons. The first kappa shape index (κ1) is 20.9. The lowest BCUT2D eigenvalue weighted by atomic mass is 9.61. The van der Waals surface area contributed by atoms with Gasteiger partial charge >= 0.3 is 0 Å². The van der Waals surface area contributed by atoms with Crippen molar-refractivity contribution in [3.63, 3.8) is 0 Å². The fourth-order valence-electron chi connectivity index (χ4n) is 6.68. The molecule has 3 aliphatic rings. The zero-order valence-electron chi connectivity index (χ0n) is 18.5. The summed E-state index contributed by atoms with van der Waals surface area (Å²) in [5.41, 5.74) is 2.17. The molecule has 0 heterocycles. The fourth-order valence-corrected chi connectivity index (χ4v) is 6.68. The van der Waals surface area contributed by atoms with Gasteiger partial charge in [-0.1, -0.05) is 44.4 Å². The molecular weight excluding hydrogens is 359 g/mol. The van der Waals surface area contributed by atoms with Gasteiger partial charge in [-0.2, -0.15) is 0 Å². The van der Waals surface area contributed by atoms with Crippen molar-refractivity contribution in [3.05, 3.63) is 41.2 Å². The number of rotatable bonds is 6. The molecule has 2 saturated carbocycles.